The van der Waals surface area contributed by atoms with Crippen molar-refractivity contribution in [2.45, 2.75) is 64.2 Å². The summed E-state index contributed by atoms with van der Waals surface area (Å²) in [4.78, 5) is 17.9. The van der Waals surface area contributed by atoms with Crippen LogP contribution in [0.5, 0.6) is 0 Å². The molecule has 2 aromatic heterocycles. The maximum absolute atomic E-state index is 13.3. The molecular formula is C29H33N7O. The molecule has 0 saturated heterocycles. The van der Waals surface area contributed by atoms with Crippen LogP contribution in [-0.4, -0.2) is 41.6 Å². The van der Waals surface area contributed by atoms with Crippen molar-refractivity contribution >= 4 is 5.78 Å². The largest absolute Gasteiger partial charge is 0.290 e. The molecular weight excluding hydrogens is 462 g/mol. The summed E-state index contributed by atoms with van der Waals surface area (Å²) < 4.78 is 0. The van der Waals surface area contributed by atoms with Crippen molar-refractivity contribution in [3.63, 3.8) is 0 Å². The van der Waals surface area contributed by atoms with E-state index in [9.17, 15) is 4.79 Å². The Morgan fingerprint density at radius 1 is 0.838 bits per heavy atom. The molecule has 2 atom stereocenters. The normalized spacial score (nSPS) is 20.6. The number of benzene rings is 2. The first-order valence-electron chi connectivity index (χ1n) is 13.6. The van der Waals surface area contributed by atoms with Crippen molar-refractivity contribution in [1.82, 2.24) is 35.8 Å². The second-order valence-corrected chi connectivity index (χ2v) is 10.6. The van der Waals surface area contributed by atoms with Gasteiger partial charge < -0.3 is 0 Å². The summed E-state index contributed by atoms with van der Waals surface area (Å²) in [6, 6.07) is 16.4. The highest BCUT2D eigenvalue weighted by molar-refractivity contribution is 5.94. The van der Waals surface area contributed by atoms with Crippen LogP contribution in [-0.2, 0) is 6.42 Å². The third-order valence-corrected chi connectivity index (χ3v) is 8.30. The van der Waals surface area contributed by atoms with Crippen molar-refractivity contribution < 1.29 is 4.79 Å². The molecule has 190 valence electrons. The first kappa shape index (κ1) is 23.7. The Kier molecular flexibility index (Phi) is 6.88. The fourth-order valence-electron chi connectivity index (χ4n) is 6.37. The van der Waals surface area contributed by atoms with E-state index in [1.807, 2.05) is 18.2 Å². The highest BCUT2D eigenvalue weighted by Crippen LogP contribution is 2.41. The van der Waals surface area contributed by atoms with Crippen LogP contribution in [0.15, 0.2) is 48.5 Å². The van der Waals surface area contributed by atoms with Gasteiger partial charge in [-0.3, -0.25) is 9.89 Å². The minimum atomic E-state index is 0.0721. The Hall–Kier alpha value is -3.68. The number of hydrogen-bond donors (Lipinski definition) is 2. The molecule has 4 aromatic rings. The first-order valence-corrected chi connectivity index (χ1v) is 13.6. The van der Waals surface area contributed by atoms with Gasteiger partial charge in [-0.15, -0.1) is 10.2 Å². The maximum atomic E-state index is 13.3. The average Bonchev–Trinajstić information content (AvgIpc) is 3.67. The summed E-state index contributed by atoms with van der Waals surface area (Å²) in [6.07, 6.45) is 11.8. The van der Waals surface area contributed by atoms with Crippen molar-refractivity contribution in [3.8, 4) is 22.5 Å². The van der Waals surface area contributed by atoms with Gasteiger partial charge in [-0.1, -0.05) is 93.5 Å². The minimum Gasteiger partial charge on any atom is -0.290 e. The number of carbonyl (C=O) groups excluding carboxylic acids is 1. The number of tetrazole rings is 1. The highest BCUT2D eigenvalue weighted by Gasteiger charge is 2.34. The second kappa shape index (κ2) is 10.7. The number of nitrogens with one attached hydrogen (secondary N) is 2. The number of Topliss-reactive ketones (excluding diaryl/α,β-unsaturated/α-hetero) is 1. The smallest absolute Gasteiger partial charge is 0.217 e. The zero-order chi connectivity index (χ0) is 25.0. The molecule has 0 spiro atoms. The predicted molar refractivity (Wildman–Crippen MR) is 141 cm³/mol. The lowest BCUT2D eigenvalue weighted by Gasteiger charge is -2.35. The lowest BCUT2D eigenvalue weighted by atomic mass is 9.69. The number of ketones is 1. The SMILES string of the molecule is O=C(c1n[nH]c(Cc2ccc(-c3ccccc3-c3nn[nH]n3)cc2)n1)C1CCCC(C2CCCCC2)C1. The fourth-order valence-corrected chi connectivity index (χ4v) is 6.37. The molecule has 2 heterocycles. The molecule has 0 bridgehead atoms. The topological polar surface area (TPSA) is 113 Å². The molecule has 0 radical (unpaired) electrons. The van der Waals surface area contributed by atoms with E-state index in [2.05, 4.69) is 66.1 Å². The van der Waals surface area contributed by atoms with E-state index in [0.29, 0.717) is 24.0 Å². The van der Waals surface area contributed by atoms with Crippen LogP contribution in [0.2, 0.25) is 0 Å². The Labute approximate surface area is 216 Å². The van der Waals surface area contributed by atoms with Crippen LogP contribution in [0.3, 0.4) is 0 Å². The summed E-state index contributed by atoms with van der Waals surface area (Å²) in [5.74, 6) is 3.36. The zero-order valence-corrected chi connectivity index (χ0v) is 21.1. The van der Waals surface area contributed by atoms with Crippen LogP contribution in [0, 0.1) is 17.8 Å². The predicted octanol–water partition coefficient (Wildman–Crippen LogP) is 5.81. The van der Waals surface area contributed by atoms with E-state index in [1.165, 1.54) is 38.5 Å². The minimum absolute atomic E-state index is 0.0721. The molecule has 6 rings (SSSR count). The number of aromatic nitrogens is 7. The summed E-state index contributed by atoms with van der Waals surface area (Å²) in [5, 5.41) is 21.8. The standard InChI is InChI=1S/C29H33N7O/c37-27(23-10-6-9-22(18-23)20-7-2-1-3-8-20)29-30-26(31-32-29)17-19-13-15-21(16-14-19)24-11-4-5-12-25(24)28-33-35-36-34-28/h4-5,11-16,20,22-23H,1-3,6-10,17-18H2,(H,30,31,32)(H,33,34,35,36). The lowest BCUT2D eigenvalue weighted by Crippen LogP contribution is -2.29. The van der Waals surface area contributed by atoms with Crippen LogP contribution in [0.4, 0.5) is 0 Å². The van der Waals surface area contributed by atoms with Gasteiger partial charge in [-0.05, 0) is 46.6 Å². The zero-order valence-electron chi connectivity index (χ0n) is 21.1. The molecule has 8 heteroatoms. The molecule has 2 saturated carbocycles. The van der Waals surface area contributed by atoms with Crippen molar-refractivity contribution in [2.24, 2.45) is 17.8 Å². The van der Waals surface area contributed by atoms with Gasteiger partial charge in [0, 0.05) is 17.9 Å². The van der Waals surface area contributed by atoms with E-state index in [-0.39, 0.29) is 11.7 Å². The van der Waals surface area contributed by atoms with Gasteiger partial charge in [0.1, 0.15) is 5.82 Å². The molecule has 2 aromatic carbocycles. The molecule has 0 amide bonds. The summed E-state index contributed by atoms with van der Waals surface area (Å²) in [7, 11) is 0. The summed E-state index contributed by atoms with van der Waals surface area (Å²) >= 11 is 0. The number of carbonyl (C=O) groups is 1. The Morgan fingerprint density at radius 2 is 1.62 bits per heavy atom. The van der Waals surface area contributed by atoms with Gasteiger partial charge in [0.15, 0.2) is 0 Å². The van der Waals surface area contributed by atoms with Crippen molar-refractivity contribution in [2.75, 3.05) is 0 Å². The van der Waals surface area contributed by atoms with E-state index in [4.69, 9.17) is 0 Å². The third kappa shape index (κ3) is 5.24. The molecule has 2 N–H and O–H groups in total. The Bertz CT molecular complexity index is 1320. The quantitative estimate of drug-likeness (QED) is 0.313. The van der Waals surface area contributed by atoms with Gasteiger partial charge in [-0.2, -0.15) is 10.3 Å². The van der Waals surface area contributed by atoms with Crippen molar-refractivity contribution in [3.05, 3.63) is 65.7 Å². The molecule has 2 unspecified atom stereocenters. The highest BCUT2D eigenvalue weighted by atomic mass is 16.1. The number of rotatable bonds is 7. The van der Waals surface area contributed by atoms with Gasteiger partial charge in [0.2, 0.25) is 17.4 Å². The monoisotopic (exact) mass is 495 g/mol. The number of hydrogen-bond acceptors (Lipinski definition) is 6. The van der Waals surface area contributed by atoms with E-state index < -0.39 is 0 Å². The number of nitrogens with zero attached hydrogens (tertiary/aromatic N) is 5. The Morgan fingerprint density at radius 3 is 2.41 bits per heavy atom. The molecule has 8 nitrogen and oxygen atoms in total. The van der Waals surface area contributed by atoms with Gasteiger partial charge >= 0.3 is 0 Å². The fraction of sp³-hybridized carbons (Fsp3) is 0.448. The number of H-pyrrole nitrogens is 2. The van der Waals surface area contributed by atoms with Gasteiger partial charge in [0.05, 0.1) is 0 Å². The van der Waals surface area contributed by atoms with E-state index in [0.717, 1.165) is 53.3 Å². The van der Waals surface area contributed by atoms with Crippen LogP contribution in [0.25, 0.3) is 22.5 Å². The summed E-state index contributed by atoms with van der Waals surface area (Å²) in [5.41, 5.74) is 4.14. The Balaban J connectivity index is 1.11. The molecule has 2 aliphatic rings. The lowest BCUT2D eigenvalue weighted by molar-refractivity contribution is 0.0806. The van der Waals surface area contributed by atoms with E-state index >= 15 is 0 Å². The molecule has 2 aliphatic carbocycles. The van der Waals surface area contributed by atoms with Crippen molar-refractivity contribution in [1.29, 1.82) is 0 Å². The van der Waals surface area contributed by atoms with E-state index in [1.54, 1.807) is 0 Å². The first-order chi connectivity index (χ1) is 18.2. The molecule has 37 heavy (non-hydrogen) atoms. The second-order valence-electron chi connectivity index (χ2n) is 10.6. The van der Waals surface area contributed by atoms with Crippen LogP contribution >= 0.6 is 0 Å². The molecule has 0 aliphatic heterocycles. The number of aromatic amines is 2. The van der Waals surface area contributed by atoms with Crippen LogP contribution < -0.4 is 0 Å². The molecule has 2 fully saturated rings. The summed E-state index contributed by atoms with van der Waals surface area (Å²) in [6.45, 7) is 0. The average molecular weight is 496 g/mol. The van der Waals surface area contributed by atoms with Gasteiger partial charge in [0.25, 0.3) is 0 Å². The third-order valence-electron chi connectivity index (χ3n) is 8.30. The maximum Gasteiger partial charge on any atom is 0.217 e. The van der Waals surface area contributed by atoms with Crippen LogP contribution in [0.1, 0.15) is 79.8 Å². The van der Waals surface area contributed by atoms with Gasteiger partial charge in [-0.25, -0.2) is 4.98 Å².